The van der Waals surface area contributed by atoms with Gasteiger partial charge in [-0.1, -0.05) is 86.6 Å². The first-order valence-corrected chi connectivity index (χ1v) is 11.3. The van der Waals surface area contributed by atoms with Gasteiger partial charge in [-0.3, -0.25) is 19.7 Å². The summed E-state index contributed by atoms with van der Waals surface area (Å²) in [4.78, 5) is 37.0. The van der Waals surface area contributed by atoms with Gasteiger partial charge in [-0.15, -0.1) is 0 Å². The minimum absolute atomic E-state index is 0.0273. The molecular weight excluding hydrogens is 444 g/mol. The van der Waals surface area contributed by atoms with Crippen molar-refractivity contribution in [3.8, 4) is 0 Å². The van der Waals surface area contributed by atoms with Crippen molar-refractivity contribution in [1.82, 2.24) is 10.7 Å². The maximum Gasteiger partial charge on any atom is 0.272 e. The zero-order valence-electron chi connectivity index (χ0n) is 19.8. The van der Waals surface area contributed by atoms with E-state index in [1.54, 1.807) is 19.1 Å². The van der Waals surface area contributed by atoms with Gasteiger partial charge in [-0.2, -0.15) is 5.10 Å². The summed E-state index contributed by atoms with van der Waals surface area (Å²) in [7, 11) is 0. The van der Waals surface area contributed by atoms with E-state index in [9.17, 15) is 19.7 Å². The first-order chi connectivity index (χ1) is 16.8. The summed E-state index contributed by atoms with van der Waals surface area (Å²) in [5.74, 6) is -1.56. The maximum atomic E-state index is 13.4. The van der Waals surface area contributed by atoms with Crippen LogP contribution < -0.4 is 10.7 Å². The average molecular weight is 473 g/mol. The third-order valence-corrected chi connectivity index (χ3v) is 5.59. The lowest BCUT2D eigenvalue weighted by Gasteiger charge is -2.24. The van der Waals surface area contributed by atoms with Crippen molar-refractivity contribution in [1.29, 1.82) is 0 Å². The zero-order chi connectivity index (χ0) is 25.4. The van der Waals surface area contributed by atoms with Gasteiger partial charge in [0, 0.05) is 17.2 Å². The molecule has 0 aliphatic rings. The molecular formula is C27H28N4O4. The van der Waals surface area contributed by atoms with Gasteiger partial charge >= 0.3 is 0 Å². The van der Waals surface area contributed by atoms with Crippen LogP contribution >= 0.6 is 0 Å². The van der Waals surface area contributed by atoms with E-state index in [4.69, 9.17) is 0 Å². The van der Waals surface area contributed by atoms with Gasteiger partial charge in [0.05, 0.1) is 17.1 Å². The number of rotatable bonds is 9. The molecule has 180 valence electrons. The summed E-state index contributed by atoms with van der Waals surface area (Å²) in [5.41, 5.74) is 5.06. The molecule has 0 bridgehead atoms. The third kappa shape index (κ3) is 6.60. The highest BCUT2D eigenvalue weighted by molar-refractivity contribution is 5.93. The second-order valence-corrected chi connectivity index (χ2v) is 8.52. The molecule has 0 heterocycles. The van der Waals surface area contributed by atoms with E-state index in [0.717, 1.165) is 11.1 Å². The number of hydrogen-bond acceptors (Lipinski definition) is 5. The normalized spacial score (nSPS) is 12.0. The van der Waals surface area contributed by atoms with Gasteiger partial charge in [-0.05, 0) is 24.0 Å². The number of carbonyl (C=O) groups excluding carboxylic acids is 2. The summed E-state index contributed by atoms with van der Waals surface area (Å²) in [6, 6.07) is 22.6. The van der Waals surface area contributed by atoms with Crippen LogP contribution in [0.2, 0.25) is 0 Å². The summed E-state index contributed by atoms with van der Waals surface area (Å²) < 4.78 is 0. The second kappa shape index (κ2) is 11.7. The van der Waals surface area contributed by atoms with Crippen molar-refractivity contribution >= 4 is 23.7 Å². The van der Waals surface area contributed by atoms with E-state index in [-0.39, 0.29) is 17.5 Å². The average Bonchev–Trinajstić information content (AvgIpc) is 2.84. The molecule has 0 aliphatic carbocycles. The van der Waals surface area contributed by atoms with Crippen molar-refractivity contribution in [2.45, 2.75) is 32.7 Å². The molecule has 0 saturated carbocycles. The Morgan fingerprint density at radius 3 is 2.00 bits per heavy atom. The van der Waals surface area contributed by atoms with Gasteiger partial charge in [0.25, 0.3) is 11.6 Å². The van der Waals surface area contributed by atoms with Gasteiger partial charge in [0.15, 0.2) is 0 Å². The molecule has 0 fully saturated rings. The quantitative estimate of drug-likeness (QED) is 0.274. The largest absolute Gasteiger partial charge is 0.343 e. The molecule has 35 heavy (non-hydrogen) atoms. The number of amides is 2. The molecule has 0 saturated heterocycles. The Bertz CT molecular complexity index is 1170. The van der Waals surface area contributed by atoms with E-state index < -0.39 is 22.8 Å². The number of nitro benzene ring substituents is 1. The predicted octanol–water partition coefficient (Wildman–Crippen LogP) is 4.33. The van der Waals surface area contributed by atoms with Gasteiger partial charge in [0.2, 0.25) is 5.91 Å². The number of nitro groups is 1. The standard InChI is InChI=1S/C27H28N4O4/c1-18(2)25(27(33)30-28-17-20-15-14-19(3)23(16-20)31(34)35)29-26(32)24(21-10-6-4-7-11-21)22-12-8-5-9-13-22/h4-18,24-25H,1-3H3,(H,29,32)(H,30,33)/b28-17-/t25-/m0/s1. The highest BCUT2D eigenvalue weighted by atomic mass is 16.6. The monoisotopic (exact) mass is 472 g/mol. The lowest BCUT2D eigenvalue weighted by Crippen LogP contribution is -2.50. The maximum absolute atomic E-state index is 13.4. The van der Waals surface area contributed by atoms with E-state index in [2.05, 4.69) is 15.8 Å². The number of nitrogens with one attached hydrogen (secondary N) is 2. The highest BCUT2D eigenvalue weighted by Crippen LogP contribution is 2.25. The lowest BCUT2D eigenvalue weighted by atomic mass is 9.89. The summed E-state index contributed by atoms with van der Waals surface area (Å²) >= 11 is 0. The van der Waals surface area contributed by atoms with Crippen LogP contribution in [-0.2, 0) is 9.59 Å². The molecule has 0 aromatic heterocycles. The SMILES string of the molecule is Cc1ccc(/C=N\NC(=O)[C@@H](NC(=O)C(c2ccccc2)c2ccccc2)C(C)C)cc1[N+](=O)[O-]. The smallest absolute Gasteiger partial charge is 0.272 e. The molecule has 0 aliphatic heterocycles. The van der Waals surface area contributed by atoms with Crippen LogP contribution in [0.1, 0.15) is 42.0 Å². The number of hydrazone groups is 1. The van der Waals surface area contributed by atoms with Crippen LogP contribution in [-0.4, -0.2) is 29.0 Å². The van der Waals surface area contributed by atoms with Crippen LogP contribution in [0.5, 0.6) is 0 Å². The van der Waals surface area contributed by atoms with Crippen molar-refractivity contribution in [2.24, 2.45) is 11.0 Å². The zero-order valence-corrected chi connectivity index (χ0v) is 19.8. The molecule has 0 unspecified atom stereocenters. The molecule has 3 aromatic rings. The molecule has 0 radical (unpaired) electrons. The minimum Gasteiger partial charge on any atom is -0.343 e. The Hall–Kier alpha value is -4.33. The van der Waals surface area contributed by atoms with Gasteiger partial charge < -0.3 is 5.32 Å². The number of nitrogens with zero attached hydrogens (tertiary/aromatic N) is 2. The van der Waals surface area contributed by atoms with Crippen LogP contribution in [0.4, 0.5) is 5.69 Å². The third-order valence-electron chi connectivity index (χ3n) is 5.59. The fourth-order valence-electron chi connectivity index (χ4n) is 3.70. The number of aryl methyl sites for hydroxylation is 1. The second-order valence-electron chi connectivity index (χ2n) is 8.52. The number of benzene rings is 3. The molecule has 2 N–H and O–H groups in total. The first-order valence-electron chi connectivity index (χ1n) is 11.3. The van der Waals surface area contributed by atoms with Crippen LogP contribution in [0.25, 0.3) is 0 Å². The van der Waals surface area contributed by atoms with Crippen molar-refractivity contribution in [3.63, 3.8) is 0 Å². The van der Waals surface area contributed by atoms with Crippen molar-refractivity contribution in [3.05, 3.63) is 111 Å². The summed E-state index contributed by atoms with van der Waals surface area (Å²) in [6.07, 6.45) is 1.33. The van der Waals surface area contributed by atoms with Crippen molar-refractivity contribution in [2.75, 3.05) is 0 Å². The molecule has 3 rings (SSSR count). The van der Waals surface area contributed by atoms with E-state index in [1.165, 1.54) is 12.3 Å². The van der Waals surface area contributed by atoms with Crippen molar-refractivity contribution < 1.29 is 14.5 Å². The van der Waals surface area contributed by atoms with E-state index in [1.807, 2.05) is 74.5 Å². The first kappa shape index (κ1) is 25.3. The molecule has 8 heteroatoms. The Balaban J connectivity index is 1.75. The van der Waals surface area contributed by atoms with Crippen LogP contribution in [0.3, 0.4) is 0 Å². The molecule has 8 nitrogen and oxygen atoms in total. The van der Waals surface area contributed by atoms with Gasteiger partial charge in [-0.25, -0.2) is 5.43 Å². The Morgan fingerprint density at radius 2 is 1.49 bits per heavy atom. The number of hydrogen-bond donors (Lipinski definition) is 2. The van der Waals surface area contributed by atoms with Crippen LogP contribution in [0.15, 0.2) is 84.0 Å². The topological polar surface area (TPSA) is 114 Å². The Kier molecular flexibility index (Phi) is 8.45. The van der Waals surface area contributed by atoms with Gasteiger partial charge in [0.1, 0.15) is 6.04 Å². The molecule has 2 amide bonds. The Morgan fingerprint density at radius 1 is 0.914 bits per heavy atom. The van der Waals surface area contributed by atoms with Crippen LogP contribution in [0, 0.1) is 23.0 Å². The fourth-order valence-corrected chi connectivity index (χ4v) is 3.70. The molecule has 3 aromatic carbocycles. The number of carbonyl (C=O) groups is 2. The minimum atomic E-state index is -0.832. The van der Waals surface area contributed by atoms with E-state index >= 15 is 0 Å². The Labute approximate surface area is 204 Å². The lowest BCUT2D eigenvalue weighted by molar-refractivity contribution is -0.385. The summed E-state index contributed by atoms with van der Waals surface area (Å²) in [5, 5.41) is 18.0. The highest BCUT2D eigenvalue weighted by Gasteiger charge is 2.29. The summed E-state index contributed by atoms with van der Waals surface area (Å²) in [6.45, 7) is 5.31. The predicted molar refractivity (Wildman–Crippen MR) is 135 cm³/mol. The molecule has 0 spiro atoms. The fraction of sp³-hybridized carbons (Fsp3) is 0.222. The van der Waals surface area contributed by atoms with E-state index in [0.29, 0.717) is 11.1 Å². The molecule has 1 atom stereocenters.